The first-order valence-electron chi connectivity index (χ1n) is 6.82. The molecule has 0 aliphatic heterocycles. The summed E-state index contributed by atoms with van der Waals surface area (Å²) < 4.78 is 0.723. The third-order valence-corrected chi connectivity index (χ3v) is 6.10. The first-order chi connectivity index (χ1) is 10.1. The Balaban J connectivity index is 0.00000176. The van der Waals surface area contributed by atoms with Crippen LogP contribution in [0.4, 0.5) is 0 Å². The molecule has 1 atom stereocenters. The maximum atomic E-state index is 12.4. The summed E-state index contributed by atoms with van der Waals surface area (Å²) >= 11 is 8.83. The molecule has 1 aliphatic carbocycles. The molecule has 1 saturated carbocycles. The van der Waals surface area contributed by atoms with Crippen LogP contribution in [0.5, 0.6) is 0 Å². The van der Waals surface area contributed by atoms with Gasteiger partial charge in [0, 0.05) is 12.6 Å². The van der Waals surface area contributed by atoms with Gasteiger partial charge in [0.05, 0.1) is 14.9 Å². The third kappa shape index (κ3) is 3.81. The van der Waals surface area contributed by atoms with Crippen molar-refractivity contribution in [1.29, 1.82) is 0 Å². The van der Waals surface area contributed by atoms with Crippen LogP contribution in [0.2, 0.25) is 4.34 Å². The molecule has 2 heterocycles. The van der Waals surface area contributed by atoms with Crippen LogP contribution in [0.25, 0.3) is 9.88 Å². The van der Waals surface area contributed by atoms with Crippen molar-refractivity contribution >= 4 is 52.6 Å². The van der Waals surface area contributed by atoms with Crippen LogP contribution in [0.3, 0.4) is 0 Å². The average molecular weight is 378 g/mol. The number of hydrogen-bond acceptors (Lipinski definition) is 5. The highest BCUT2D eigenvalue weighted by molar-refractivity contribution is 7.24. The van der Waals surface area contributed by atoms with E-state index >= 15 is 0 Å². The van der Waals surface area contributed by atoms with Gasteiger partial charge in [-0.15, -0.1) is 35.1 Å². The van der Waals surface area contributed by atoms with E-state index in [2.05, 4.69) is 10.3 Å². The molecule has 2 aromatic heterocycles. The van der Waals surface area contributed by atoms with Gasteiger partial charge < -0.3 is 11.1 Å². The summed E-state index contributed by atoms with van der Waals surface area (Å²) in [6, 6.07) is 3.86. The van der Waals surface area contributed by atoms with Crippen molar-refractivity contribution in [2.75, 3.05) is 6.54 Å². The fraction of sp³-hybridized carbons (Fsp3) is 0.429. The molecular weight excluding hydrogens is 361 g/mol. The van der Waals surface area contributed by atoms with E-state index in [1.54, 1.807) is 0 Å². The van der Waals surface area contributed by atoms with Gasteiger partial charge >= 0.3 is 0 Å². The monoisotopic (exact) mass is 377 g/mol. The number of thiazole rings is 1. The van der Waals surface area contributed by atoms with Crippen LogP contribution >= 0.6 is 46.7 Å². The summed E-state index contributed by atoms with van der Waals surface area (Å²) in [5, 5.41) is 3.88. The molecule has 3 rings (SSSR count). The summed E-state index contributed by atoms with van der Waals surface area (Å²) in [6.45, 7) is 2.35. The van der Waals surface area contributed by atoms with E-state index in [4.69, 9.17) is 17.3 Å². The first-order valence-corrected chi connectivity index (χ1v) is 8.83. The summed E-state index contributed by atoms with van der Waals surface area (Å²) in [4.78, 5) is 18.5. The number of nitrogens with one attached hydrogen (secondary N) is 1. The number of thiophene rings is 1. The van der Waals surface area contributed by atoms with Gasteiger partial charge in [0.15, 0.2) is 0 Å². The summed E-state index contributed by atoms with van der Waals surface area (Å²) in [5.41, 5.74) is 6.49. The molecule has 1 unspecified atom stereocenters. The van der Waals surface area contributed by atoms with Crippen molar-refractivity contribution in [2.45, 2.75) is 25.8 Å². The zero-order chi connectivity index (χ0) is 15.0. The maximum Gasteiger partial charge on any atom is 0.263 e. The number of aryl methyl sites for hydroxylation is 1. The van der Waals surface area contributed by atoms with Crippen molar-refractivity contribution in [1.82, 2.24) is 10.3 Å². The van der Waals surface area contributed by atoms with Crippen molar-refractivity contribution in [3.05, 3.63) is 27.0 Å². The Bertz CT molecular complexity index is 667. The fourth-order valence-corrected chi connectivity index (χ4v) is 4.31. The molecule has 0 saturated heterocycles. The van der Waals surface area contributed by atoms with Crippen molar-refractivity contribution < 1.29 is 4.79 Å². The Kier molecular flexibility index (Phi) is 5.85. The van der Waals surface area contributed by atoms with E-state index in [1.165, 1.54) is 22.7 Å². The highest BCUT2D eigenvalue weighted by atomic mass is 35.5. The lowest BCUT2D eigenvalue weighted by atomic mass is 10.2. The number of nitrogens with two attached hydrogens (primary N) is 1. The first kappa shape index (κ1) is 17.7. The average Bonchev–Trinajstić information content (AvgIpc) is 3.09. The minimum Gasteiger partial charge on any atom is -0.347 e. The number of hydrogen-bond donors (Lipinski definition) is 2. The van der Waals surface area contributed by atoms with Gasteiger partial charge in [0.1, 0.15) is 9.88 Å². The normalized spacial score (nSPS) is 15.2. The van der Waals surface area contributed by atoms with Crippen LogP contribution in [0, 0.1) is 12.8 Å². The molecule has 0 bridgehead atoms. The molecule has 4 nitrogen and oxygen atoms in total. The van der Waals surface area contributed by atoms with Gasteiger partial charge in [0.25, 0.3) is 5.91 Å². The molecule has 8 heteroatoms. The van der Waals surface area contributed by atoms with Crippen LogP contribution in [0.1, 0.15) is 28.2 Å². The molecule has 1 fully saturated rings. The quantitative estimate of drug-likeness (QED) is 0.833. The van der Waals surface area contributed by atoms with Gasteiger partial charge in [-0.1, -0.05) is 11.6 Å². The highest BCUT2D eigenvalue weighted by Gasteiger charge is 2.32. The Morgan fingerprint density at radius 2 is 2.23 bits per heavy atom. The van der Waals surface area contributed by atoms with Gasteiger partial charge in [-0.25, -0.2) is 4.98 Å². The van der Waals surface area contributed by atoms with Crippen LogP contribution in [0.15, 0.2) is 12.1 Å². The summed E-state index contributed by atoms with van der Waals surface area (Å²) in [7, 11) is 0. The number of carbonyl (C=O) groups is 1. The molecule has 3 N–H and O–H groups in total. The van der Waals surface area contributed by atoms with Crippen molar-refractivity contribution in [3.8, 4) is 9.88 Å². The van der Waals surface area contributed by atoms with E-state index in [9.17, 15) is 4.79 Å². The molecule has 120 valence electrons. The topological polar surface area (TPSA) is 68.0 Å². The minimum absolute atomic E-state index is 0. The number of nitrogens with zero attached hydrogens (tertiary/aromatic N) is 1. The molecule has 0 spiro atoms. The van der Waals surface area contributed by atoms with E-state index in [1.807, 2.05) is 19.1 Å². The number of halogens is 2. The summed E-state index contributed by atoms with van der Waals surface area (Å²) in [6.07, 6.45) is 2.31. The Hall–Kier alpha value is -0.660. The van der Waals surface area contributed by atoms with E-state index < -0.39 is 0 Å². The zero-order valence-electron chi connectivity index (χ0n) is 12.0. The number of rotatable bonds is 5. The Morgan fingerprint density at radius 3 is 2.77 bits per heavy atom. The lowest BCUT2D eigenvalue weighted by molar-refractivity contribution is 0.0937. The predicted octanol–water partition coefficient (Wildman–Crippen LogP) is 3.72. The summed E-state index contributed by atoms with van der Waals surface area (Å²) in [5.74, 6) is 0.476. The Morgan fingerprint density at radius 1 is 1.50 bits per heavy atom. The number of aromatic nitrogens is 1. The molecule has 0 aromatic carbocycles. The predicted molar refractivity (Wildman–Crippen MR) is 95.5 cm³/mol. The van der Waals surface area contributed by atoms with Gasteiger partial charge in [-0.2, -0.15) is 0 Å². The molecule has 1 amide bonds. The van der Waals surface area contributed by atoms with E-state index in [-0.39, 0.29) is 24.4 Å². The van der Waals surface area contributed by atoms with Crippen LogP contribution in [-0.2, 0) is 0 Å². The van der Waals surface area contributed by atoms with Gasteiger partial charge in [0.2, 0.25) is 0 Å². The molecule has 2 aromatic rings. The zero-order valence-corrected chi connectivity index (χ0v) is 15.2. The minimum atomic E-state index is -0.0683. The second-order valence-electron chi connectivity index (χ2n) is 5.19. The van der Waals surface area contributed by atoms with Crippen molar-refractivity contribution in [3.63, 3.8) is 0 Å². The smallest absolute Gasteiger partial charge is 0.263 e. The second-order valence-corrected chi connectivity index (χ2v) is 7.90. The number of amides is 1. The largest absolute Gasteiger partial charge is 0.347 e. The molecular formula is C14H17Cl2N3OS2. The van der Waals surface area contributed by atoms with E-state index in [0.717, 1.165) is 32.8 Å². The van der Waals surface area contributed by atoms with Gasteiger partial charge in [-0.05, 0) is 37.8 Å². The third-order valence-electron chi connectivity index (χ3n) is 3.55. The van der Waals surface area contributed by atoms with Crippen LogP contribution in [-0.4, -0.2) is 23.5 Å². The van der Waals surface area contributed by atoms with E-state index in [0.29, 0.717) is 17.3 Å². The number of carbonyl (C=O) groups excluding carboxylic acids is 1. The van der Waals surface area contributed by atoms with Gasteiger partial charge in [-0.3, -0.25) is 4.79 Å². The fourth-order valence-electron chi connectivity index (χ4n) is 2.24. The van der Waals surface area contributed by atoms with Crippen molar-refractivity contribution in [2.24, 2.45) is 11.7 Å². The Labute approximate surface area is 148 Å². The lowest BCUT2D eigenvalue weighted by Crippen LogP contribution is -2.41. The SMILES string of the molecule is Cc1nc(-c2ccc(Cl)s2)sc1C(=O)NC(CN)C1CC1.Cl. The molecule has 0 radical (unpaired) electrons. The molecule has 1 aliphatic rings. The lowest BCUT2D eigenvalue weighted by Gasteiger charge is -2.15. The highest BCUT2D eigenvalue weighted by Crippen LogP contribution is 2.35. The van der Waals surface area contributed by atoms with Crippen LogP contribution < -0.4 is 11.1 Å². The maximum absolute atomic E-state index is 12.4. The standard InChI is InChI=1S/C14H16ClN3OS2.ClH/c1-7-12(13(19)18-9(6-16)8-2-3-8)21-14(17-7)10-4-5-11(15)20-10;/h4-5,8-9H,2-3,6,16H2,1H3,(H,18,19);1H. The molecule has 22 heavy (non-hydrogen) atoms. The second kappa shape index (κ2) is 7.27.